The lowest BCUT2D eigenvalue weighted by molar-refractivity contribution is -0.141. The maximum absolute atomic E-state index is 13.8. The topological polar surface area (TPSA) is 58.6 Å². The van der Waals surface area contributed by atoms with Crippen molar-refractivity contribution >= 4 is 23.4 Å². The molecule has 3 aromatic carbocycles. The van der Waals surface area contributed by atoms with Crippen molar-refractivity contribution in [1.82, 2.24) is 10.2 Å². The first-order valence-corrected chi connectivity index (χ1v) is 12.3. The average Bonchev–Trinajstić information content (AvgIpc) is 2.88. The molecule has 0 heterocycles. The highest BCUT2D eigenvalue weighted by Crippen LogP contribution is 2.21. The molecule has 2 amide bonds. The summed E-state index contributed by atoms with van der Waals surface area (Å²) in [6.45, 7) is 4.26. The minimum atomic E-state index is -0.687. The summed E-state index contributed by atoms with van der Waals surface area (Å²) in [5.41, 5.74) is 2.60. The van der Waals surface area contributed by atoms with Crippen molar-refractivity contribution in [3.8, 4) is 5.75 Å². The Labute approximate surface area is 213 Å². The molecular formula is C29H33ClN2O3. The molecule has 0 saturated heterocycles. The van der Waals surface area contributed by atoms with Gasteiger partial charge in [-0.2, -0.15) is 0 Å². The van der Waals surface area contributed by atoms with Gasteiger partial charge in [0.15, 0.2) is 0 Å². The van der Waals surface area contributed by atoms with Gasteiger partial charge in [0.25, 0.3) is 0 Å². The quantitative estimate of drug-likeness (QED) is 0.387. The van der Waals surface area contributed by atoms with Crippen molar-refractivity contribution in [1.29, 1.82) is 0 Å². The van der Waals surface area contributed by atoms with Crippen molar-refractivity contribution in [3.05, 3.63) is 101 Å². The molecule has 0 fully saturated rings. The van der Waals surface area contributed by atoms with Crippen LogP contribution in [-0.4, -0.2) is 35.9 Å². The number of nitrogens with one attached hydrogen (secondary N) is 1. The summed E-state index contributed by atoms with van der Waals surface area (Å²) >= 11 is 6.37. The second-order valence-electron chi connectivity index (χ2n) is 8.66. The Morgan fingerprint density at radius 3 is 2.34 bits per heavy atom. The fourth-order valence-electron chi connectivity index (χ4n) is 3.87. The molecule has 2 atom stereocenters. The second kappa shape index (κ2) is 13.0. The van der Waals surface area contributed by atoms with Gasteiger partial charge in [0, 0.05) is 24.0 Å². The number of ether oxygens (including phenoxy) is 1. The van der Waals surface area contributed by atoms with Gasteiger partial charge in [0.2, 0.25) is 11.8 Å². The first kappa shape index (κ1) is 26.3. The third-order valence-electron chi connectivity index (χ3n) is 6.06. The minimum absolute atomic E-state index is 0.00175. The molecule has 1 N–H and O–H groups in total. The molecule has 0 unspecified atom stereocenters. The van der Waals surface area contributed by atoms with Gasteiger partial charge in [-0.1, -0.05) is 79.2 Å². The Kier molecular flexibility index (Phi) is 9.74. The van der Waals surface area contributed by atoms with Crippen LogP contribution < -0.4 is 10.1 Å². The third-order valence-corrected chi connectivity index (χ3v) is 6.43. The van der Waals surface area contributed by atoms with Gasteiger partial charge in [0.05, 0.1) is 13.5 Å². The molecule has 0 saturated carbocycles. The van der Waals surface area contributed by atoms with Crippen LogP contribution in [0, 0.1) is 0 Å². The van der Waals surface area contributed by atoms with Gasteiger partial charge in [-0.15, -0.1) is 0 Å². The highest BCUT2D eigenvalue weighted by molar-refractivity contribution is 6.31. The second-order valence-corrected chi connectivity index (χ2v) is 9.07. The molecule has 6 heteroatoms. The van der Waals surface area contributed by atoms with Gasteiger partial charge in [-0.25, -0.2) is 0 Å². The summed E-state index contributed by atoms with van der Waals surface area (Å²) < 4.78 is 5.38. The number of hydrogen-bond acceptors (Lipinski definition) is 3. The van der Waals surface area contributed by atoms with Crippen molar-refractivity contribution in [3.63, 3.8) is 0 Å². The molecular weight excluding hydrogens is 460 g/mol. The first-order chi connectivity index (χ1) is 16.9. The van der Waals surface area contributed by atoms with Crippen molar-refractivity contribution < 1.29 is 14.3 Å². The molecule has 0 aliphatic carbocycles. The number of carbonyl (C=O) groups is 2. The van der Waals surface area contributed by atoms with Gasteiger partial charge in [0.1, 0.15) is 11.8 Å². The molecule has 5 nitrogen and oxygen atoms in total. The fourth-order valence-corrected chi connectivity index (χ4v) is 4.07. The predicted octanol–water partition coefficient (Wildman–Crippen LogP) is 5.45. The zero-order valence-corrected chi connectivity index (χ0v) is 21.3. The van der Waals surface area contributed by atoms with Crippen LogP contribution in [0.4, 0.5) is 0 Å². The number of halogens is 1. The Bertz CT molecular complexity index is 1120. The van der Waals surface area contributed by atoms with E-state index in [2.05, 4.69) is 5.32 Å². The summed E-state index contributed by atoms with van der Waals surface area (Å²) in [6, 6.07) is 24.0. The smallest absolute Gasteiger partial charge is 0.243 e. The number of amides is 2. The summed E-state index contributed by atoms with van der Waals surface area (Å²) in [7, 11) is 1.61. The van der Waals surface area contributed by atoms with E-state index in [1.165, 1.54) is 0 Å². The van der Waals surface area contributed by atoms with Gasteiger partial charge >= 0.3 is 0 Å². The highest BCUT2D eigenvalue weighted by atomic mass is 35.5. The van der Waals surface area contributed by atoms with Gasteiger partial charge < -0.3 is 15.0 Å². The van der Waals surface area contributed by atoms with Crippen LogP contribution in [0.25, 0.3) is 0 Å². The number of hydrogen-bond donors (Lipinski definition) is 1. The van der Waals surface area contributed by atoms with Crippen molar-refractivity contribution in [2.24, 2.45) is 0 Å². The predicted molar refractivity (Wildman–Crippen MR) is 141 cm³/mol. The molecule has 3 rings (SSSR count). The molecule has 0 aliphatic rings. The normalized spacial score (nSPS) is 12.5. The van der Waals surface area contributed by atoms with Crippen LogP contribution in [-0.2, 0) is 29.0 Å². The molecule has 184 valence electrons. The minimum Gasteiger partial charge on any atom is -0.497 e. The lowest BCUT2D eigenvalue weighted by atomic mass is 10.0. The Balaban J connectivity index is 1.99. The zero-order chi connectivity index (χ0) is 25.2. The van der Waals surface area contributed by atoms with E-state index >= 15 is 0 Å². The van der Waals surface area contributed by atoms with Crippen molar-refractivity contribution in [2.45, 2.75) is 51.7 Å². The SMILES string of the molecule is CC[C@@H](C)NC(=O)[C@@H](Cc1ccccc1)N(Cc1cccc(OC)c1)C(=O)Cc1ccccc1Cl. The summed E-state index contributed by atoms with van der Waals surface area (Å²) in [4.78, 5) is 29.0. The zero-order valence-electron chi connectivity index (χ0n) is 20.5. The number of nitrogens with zero attached hydrogens (tertiary/aromatic N) is 1. The largest absolute Gasteiger partial charge is 0.497 e. The van der Waals surface area contributed by atoms with Crippen LogP contribution in [0.1, 0.15) is 37.0 Å². The molecule has 35 heavy (non-hydrogen) atoms. The number of carbonyl (C=O) groups excluding carboxylic acids is 2. The molecule has 0 radical (unpaired) electrons. The Hall–Kier alpha value is -3.31. The molecule has 0 aromatic heterocycles. The number of rotatable bonds is 11. The standard InChI is InChI=1S/C29H33ClN2O3/c1-4-21(2)31-29(34)27(18-22-11-6-5-7-12-22)32(20-23-13-10-15-25(17-23)35-3)28(33)19-24-14-8-9-16-26(24)30/h5-17,21,27H,4,18-20H2,1-3H3,(H,31,34)/t21-,27-/m1/s1. The van der Waals surface area contributed by atoms with E-state index in [0.29, 0.717) is 17.2 Å². The van der Waals surface area contributed by atoms with E-state index in [4.69, 9.17) is 16.3 Å². The third kappa shape index (κ3) is 7.59. The lowest BCUT2D eigenvalue weighted by Gasteiger charge is -2.32. The fraction of sp³-hybridized carbons (Fsp3) is 0.310. The van der Waals surface area contributed by atoms with Crippen LogP contribution in [0.15, 0.2) is 78.9 Å². The molecule has 3 aromatic rings. The van der Waals surface area contributed by atoms with E-state index < -0.39 is 6.04 Å². The molecule has 0 bridgehead atoms. The summed E-state index contributed by atoms with van der Waals surface area (Å²) in [5.74, 6) is 0.365. The van der Waals surface area contributed by atoms with E-state index in [1.54, 1.807) is 18.1 Å². The first-order valence-electron chi connectivity index (χ1n) is 11.9. The maximum Gasteiger partial charge on any atom is 0.243 e. The molecule has 0 aliphatic heterocycles. The van der Waals surface area contributed by atoms with Crippen LogP contribution >= 0.6 is 11.6 Å². The highest BCUT2D eigenvalue weighted by Gasteiger charge is 2.31. The van der Waals surface area contributed by atoms with Crippen LogP contribution in [0.3, 0.4) is 0 Å². The number of methoxy groups -OCH3 is 1. The van der Waals surface area contributed by atoms with E-state index in [9.17, 15) is 9.59 Å². The monoisotopic (exact) mass is 492 g/mol. The van der Waals surface area contributed by atoms with E-state index in [-0.39, 0.29) is 30.8 Å². The number of benzene rings is 3. The summed E-state index contributed by atoms with van der Waals surface area (Å²) in [6.07, 6.45) is 1.31. The maximum atomic E-state index is 13.8. The average molecular weight is 493 g/mol. The van der Waals surface area contributed by atoms with E-state index in [1.807, 2.05) is 86.6 Å². The van der Waals surface area contributed by atoms with Crippen LogP contribution in [0.2, 0.25) is 5.02 Å². The Morgan fingerprint density at radius 2 is 1.66 bits per heavy atom. The van der Waals surface area contributed by atoms with E-state index in [0.717, 1.165) is 23.1 Å². The van der Waals surface area contributed by atoms with Crippen LogP contribution in [0.5, 0.6) is 5.75 Å². The Morgan fingerprint density at radius 1 is 0.971 bits per heavy atom. The van der Waals surface area contributed by atoms with Gasteiger partial charge in [-0.3, -0.25) is 9.59 Å². The lowest BCUT2D eigenvalue weighted by Crippen LogP contribution is -2.52. The van der Waals surface area contributed by atoms with Gasteiger partial charge in [-0.05, 0) is 48.2 Å². The van der Waals surface area contributed by atoms with Crippen molar-refractivity contribution in [2.75, 3.05) is 7.11 Å². The molecule has 0 spiro atoms. The summed E-state index contributed by atoms with van der Waals surface area (Å²) in [5, 5.41) is 3.62.